The fraction of sp³-hybridized carbons (Fsp3) is 0.200. The molecule has 0 aromatic heterocycles. The summed E-state index contributed by atoms with van der Waals surface area (Å²) in [5.74, 6) is 1.19. The van der Waals surface area contributed by atoms with E-state index in [1.165, 1.54) is 5.56 Å². The lowest BCUT2D eigenvalue weighted by atomic mass is 10.2. The average Bonchev–Trinajstić information content (AvgIpc) is 2.81. The molecule has 0 aliphatic carbocycles. The van der Waals surface area contributed by atoms with Gasteiger partial charge in [0.2, 0.25) is 0 Å². The van der Waals surface area contributed by atoms with Crippen LogP contribution in [0.4, 0.5) is 0 Å². The maximum Gasteiger partial charge on any atom is 0.271 e. The number of hydrogen-bond donors (Lipinski definition) is 1. The molecular formula is C25H25BrN2O4. The smallest absolute Gasteiger partial charge is 0.271 e. The second-order valence-electron chi connectivity index (χ2n) is 6.87. The second-order valence-corrected chi connectivity index (χ2v) is 7.79. The number of amides is 1. The van der Waals surface area contributed by atoms with Crippen LogP contribution in [0.15, 0.2) is 82.4 Å². The third-order valence-corrected chi connectivity index (χ3v) is 4.87. The van der Waals surface area contributed by atoms with Crippen molar-refractivity contribution in [2.45, 2.75) is 6.92 Å². The number of halogens is 1. The number of carbonyl (C=O) groups excluding carboxylic acids is 1. The van der Waals surface area contributed by atoms with E-state index in [0.717, 1.165) is 15.8 Å². The average molecular weight is 497 g/mol. The van der Waals surface area contributed by atoms with Crippen LogP contribution in [0.25, 0.3) is 0 Å². The van der Waals surface area contributed by atoms with Gasteiger partial charge in [0, 0.05) is 15.6 Å². The molecule has 7 heteroatoms. The molecule has 166 valence electrons. The zero-order valence-corrected chi connectivity index (χ0v) is 19.4. The number of benzene rings is 3. The van der Waals surface area contributed by atoms with Crippen molar-refractivity contribution < 1.29 is 19.0 Å². The SMILES string of the molecule is Cc1ccc(OCCOCCOc2ccc(Br)cc2/C=N\NC(=O)c2ccccc2)cc1. The molecule has 0 unspecified atom stereocenters. The van der Waals surface area contributed by atoms with E-state index in [9.17, 15) is 4.79 Å². The minimum absolute atomic E-state index is 0.277. The summed E-state index contributed by atoms with van der Waals surface area (Å²) in [6.45, 7) is 3.78. The lowest BCUT2D eigenvalue weighted by Gasteiger charge is -2.11. The molecule has 0 fully saturated rings. The van der Waals surface area contributed by atoms with Crippen molar-refractivity contribution in [2.75, 3.05) is 26.4 Å². The molecule has 0 atom stereocenters. The molecule has 0 saturated heterocycles. The van der Waals surface area contributed by atoms with E-state index in [-0.39, 0.29) is 5.91 Å². The number of rotatable bonds is 11. The van der Waals surface area contributed by atoms with Gasteiger partial charge in [-0.2, -0.15) is 5.10 Å². The van der Waals surface area contributed by atoms with Crippen LogP contribution in [0.2, 0.25) is 0 Å². The molecule has 0 saturated carbocycles. The van der Waals surface area contributed by atoms with Crippen molar-refractivity contribution in [3.05, 3.63) is 94.0 Å². The third kappa shape index (κ3) is 7.83. The summed E-state index contributed by atoms with van der Waals surface area (Å²) < 4.78 is 17.9. The fourth-order valence-electron chi connectivity index (χ4n) is 2.73. The highest BCUT2D eigenvalue weighted by Gasteiger charge is 2.05. The molecule has 1 amide bonds. The molecular weight excluding hydrogens is 472 g/mol. The van der Waals surface area contributed by atoms with Gasteiger partial charge in [-0.25, -0.2) is 5.43 Å². The normalized spacial score (nSPS) is 10.8. The van der Waals surface area contributed by atoms with Gasteiger partial charge in [-0.1, -0.05) is 51.8 Å². The molecule has 0 heterocycles. The minimum Gasteiger partial charge on any atom is -0.491 e. The Balaban J connectivity index is 1.41. The summed E-state index contributed by atoms with van der Waals surface area (Å²) in [5.41, 5.74) is 4.99. The lowest BCUT2D eigenvalue weighted by molar-refractivity contribution is 0.0764. The summed E-state index contributed by atoms with van der Waals surface area (Å²) in [4.78, 5) is 12.1. The first-order valence-corrected chi connectivity index (χ1v) is 11.0. The van der Waals surface area contributed by atoms with Crippen molar-refractivity contribution in [1.29, 1.82) is 0 Å². The largest absolute Gasteiger partial charge is 0.491 e. The van der Waals surface area contributed by atoms with Crippen LogP contribution in [0, 0.1) is 6.92 Å². The zero-order valence-electron chi connectivity index (χ0n) is 17.8. The topological polar surface area (TPSA) is 69.2 Å². The molecule has 0 spiro atoms. The van der Waals surface area contributed by atoms with Gasteiger partial charge >= 0.3 is 0 Å². The summed E-state index contributed by atoms with van der Waals surface area (Å²) in [5, 5.41) is 4.05. The number of hydrazone groups is 1. The molecule has 3 aromatic carbocycles. The molecule has 0 radical (unpaired) electrons. The highest BCUT2D eigenvalue weighted by Crippen LogP contribution is 2.21. The van der Waals surface area contributed by atoms with Crippen LogP contribution in [0.3, 0.4) is 0 Å². The molecule has 0 aliphatic heterocycles. The number of nitrogens with one attached hydrogen (secondary N) is 1. The van der Waals surface area contributed by atoms with Crippen LogP contribution in [-0.4, -0.2) is 38.5 Å². The van der Waals surface area contributed by atoms with E-state index >= 15 is 0 Å². The number of hydrogen-bond acceptors (Lipinski definition) is 5. The van der Waals surface area contributed by atoms with Crippen LogP contribution < -0.4 is 14.9 Å². The van der Waals surface area contributed by atoms with Gasteiger partial charge in [0.1, 0.15) is 24.7 Å². The van der Waals surface area contributed by atoms with E-state index in [1.54, 1.807) is 30.5 Å². The Hall–Kier alpha value is -3.16. The molecule has 0 bridgehead atoms. The van der Waals surface area contributed by atoms with Gasteiger partial charge in [0.05, 0.1) is 19.4 Å². The van der Waals surface area contributed by atoms with E-state index in [2.05, 4.69) is 26.5 Å². The fourth-order valence-corrected chi connectivity index (χ4v) is 3.11. The Kier molecular flexibility index (Phi) is 9.28. The summed E-state index contributed by atoms with van der Waals surface area (Å²) in [6, 6.07) is 22.4. The summed E-state index contributed by atoms with van der Waals surface area (Å²) in [6.07, 6.45) is 1.55. The molecule has 3 aromatic rings. The second kappa shape index (κ2) is 12.6. The quantitative estimate of drug-likeness (QED) is 0.230. The zero-order chi connectivity index (χ0) is 22.6. The Morgan fingerprint density at radius 3 is 2.41 bits per heavy atom. The van der Waals surface area contributed by atoms with Crippen molar-refractivity contribution in [2.24, 2.45) is 5.10 Å². The highest BCUT2D eigenvalue weighted by molar-refractivity contribution is 9.10. The van der Waals surface area contributed by atoms with E-state index in [0.29, 0.717) is 37.7 Å². The van der Waals surface area contributed by atoms with Gasteiger partial charge in [0.15, 0.2) is 0 Å². The monoisotopic (exact) mass is 496 g/mol. The van der Waals surface area contributed by atoms with E-state index in [1.807, 2.05) is 55.5 Å². The van der Waals surface area contributed by atoms with Crippen LogP contribution in [0.1, 0.15) is 21.5 Å². The Bertz CT molecular complexity index is 1020. The van der Waals surface area contributed by atoms with Gasteiger partial charge < -0.3 is 14.2 Å². The minimum atomic E-state index is -0.277. The molecule has 1 N–H and O–H groups in total. The van der Waals surface area contributed by atoms with E-state index in [4.69, 9.17) is 14.2 Å². The Morgan fingerprint density at radius 1 is 0.938 bits per heavy atom. The maximum atomic E-state index is 12.1. The third-order valence-electron chi connectivity index (χ3n) is 4.38. The predicted molar refractivity (Wildman–Crippen MR) is 129 cm³/mol. The lowest BCUT2D eigenvalue weighted by Crippen LogP contribution is -2.17. The predicted octanol–water partition coefficient (Wildman–Crippen LogP) is 5.00. The molecule has 0 aliphatic rings. The molecule has 3 rings (SSSR count). The Morgan fingerprint density at radius 2 is 1.66 bits per heavy atom. The highest BCUT2D eigenvalue weighted by atomic mass is 79.9. The first kappa shape index (κ1) is 23.5. The Labute approximate surface area is 196 Å². The summed E-state index contributed by atoms with van der Waals surface area (Å²) >= 11 is 3.44. The standard InChI is InChI=1S/C25H25BrN2O4/c1-19-7-10-23(11-8-19)31-15-13-30-14-16-32-24-12-9-22(26)17-21(24)18-27-28-25(29)20-5-3-2-4-6-20/h2-12,17-18H,13-16H2,1H3,(H,28,29)/b27-18-. The number of aryl methyl sites for hydroxylation is 1. The maximum absolute atomic E-state index is 12.1. The van der Waals surface area contributed by atoms with Gasteiger partial charge in [-0.3, -0.25) is 4.79 Å². The van der Waals surface area contributed by atoms with Crippen molar-refractivity contribution >= 4 is 28.1 Å². The number of ether oxygens (including phenoxy) is 3. The van der Waals surface area contributed by atoms with E-state index < -0.39 is 0 Å². The first-order valence-electron chi connectivity index (χ1n) is 10.2. The molecule has 6 nitrogen and oxygen atoms in total. The van der Waals surface area contributed by atoms with Gasteiger partial charge in [-0.15, -0.1) is 0 Å². The number of carbonyl (C=O) groups is 1. The molecule has 32 heavy (non-hydrogen) atoms. The van der Waals surface area contributed by atoms with Crippen LogP contribution in [0.5, 0.6) is 11.5 Å². The van der Waals surface area contributed by atoms with Crippen molar-refractivity contribution in [1.82, 2.24) is 5.43 Å². The van der Waals surface area contributed by atoms with Gasteiger partial charge in [0.25, 0.3) is 5.91 Å². The van der Waals surface area contributed by atoms with Crippen LogP contribution >= 0.6 is 15.9 Å². The first-order chi connectivity index (χ1) is 15.6. The summed E-state index contributed by atoms with van der Waals surface area (Å²) in [7, 11) is 0. The van der Waals surface area contributed by atoms with Crippen molar-refractivity contribution in [3.8, 4) is 11.5 Å². The van der Waals surface area contributed by atoms with Crippen LogP contribution in [-0.2, 0) is 4.74 Å². The number of nitrogens with zero attached hydrogens (tertiary/aromatic N) is 1. The van der Waals surface area contributed by atoms with Gasteiger partial charge in [-0.05, 0) is 49.4 Å². The van der Waals surface area contributed by atoms with Crippen molar-refractivity contribution in [3.63, 3.8) is 0 Å².